The van der Waals surface area contributed by atoms with Crippen LogP contribution in [0.5, 0.6) is 0 Å². The zero-order chi connectivity index (χ0) is 14.2. The largest absolute Gasteiger partial charge is 0.353 e. The first-order chi connectivity index (χ1) is 9.52. The Bertz CT molecular complexity index is 355. The van der Waals surface area contributed by atoms with Crippen LogP contribution in [0.25, 0.3) is 0 Å². The number of rotatable bonds is 4. The van der Waals surface area contributed by atoms with Crippen molar-refractivity contribution in [3.8, 4) is 0 Å². The second-order valence-corrected chi connectivity index (χ2v) is 6.84. The van der Waals surface area contributed by atoms with Gasteiger partial charge in [-0.05, 0) is 51.1 Å². The van der Waals surface area contributed by atoms with Crippen LogP contribution in [0.4, 0.5) is 8.78 Å². The van der Waals surface area contributed by atoms with Crippen LogP contribution >= 0.6 is 0 Å². The van der Waals surface area contributed by atoms with E-state index in [2.05, 4.69) is 10.2 Å². The molecule has 2 saturated carbocycles. The summed E-state index contributed by atoms with van der Waals surface area (Å²) in [6.45, 7) is 2.54. The van der Waals surface area contributed by atoms with Crippen molar-refractivity contribution in [2.75, 3.05) is 19.6 Å². The van der Waals surface area contributed by atoms with Gasteiger partial charge in [0.25, 0.3) is 0 Å². The highest BCUT2D eigenvalue weighted by Gasteiger charge is 2.45. The molecule has 0 aromatic carbocycles. The molecule has 1 amide bonds. The van der Waals surface area contributed by atoms with Crippen LogP contribution < -0.4 is 5.32 Å². The molecule has 1 saturated heterocycles. The number of carbonyl (C=O) groups is 1. The van der Waals surface area contributed by atoms with E-state index < -0.39 is 5.92 Å². The van der Waals surface area contributed by atoms with Gasteiger partial charge in [0.15, 0.2) is 0 Å². The van der Waals surface area contributed by atoms with Gasteiger partial charge in [0.05, 0.1) is 0 Å². The van der Waals surface area contributed by atoms with Gasteiger partial charge in [0, 0.05) is 31.3 Å². The fourth-order valence-corrected chi connectivity index (χ4v) is 3.53. The highest BCUT2D eigenvalue weighted by atomic mass is 19.3. The molecule has 1 aliphatic heterocycles. The molecule has 0 unspecified atom stereocenters. The maximum absolute atomic E-state index is 12.8. The van der Waals surface area contributed by atoms with E-state index in [1.807, 2.05) is 0 Å². The fraction of sp³-hybridized carbons (Fsp3) is 0.933. The third-order valence-electron chi connectivity index (χ3n) is 5.10. The average Bonchev–Trinajstić information content (AvgIpc) is 2.32. The van der Waals surface area contributed by atoms with Crippen molar-refractivity contribution in [2.45, 2.75) is 56.9 Å². The fourth-order valence-electron chi connectivity index (χ4n) is 3.53. The minimum atomic E-state index is -2.41. The molecule has 3 aliphatic rings. The van der Waals surface area contributed by atoms with Gasteiger partial charge < -0.3 is 10.2 Å². The zero-order valence-electron chi connectivity index (χ0n) is 11.9. The summed E-state index contributed by atoms with van der Waals surface area (Å²) in [6, 6.07) is 0.415. The number of nitrogens with one attached hydrogen (secondary N) is 1. The Hall–Kier alpha value is -0.710. The Labute approximate surface area is 119 Å². The number of alkyl halides is 2. The first kappa shape index (κ1) is 14.2. The molecule has 0 radical (unpaired) electrons. The topological polar surface area (TPSA) is 32.3 Å². The molecule has 3 fully saturated rings. The summed E-state index contributed by atoms with van der Waals surface area (Å²) >= 11 is 0. The van der Waals surface area contributed by atoms with Crippen molar-refractivity contribution in [1.82, 2.24) is 10.2 Å². The number of piperidine rings is 1. The van der Waals surface area contributed by atoms with Crippen molar-refractivity contribution in [3.05, 3.63) is 0 Å². The molecular weight excluding hydrogens is 262 g/mol. The average molecular weight is 286 g/mol. The number of carbonyl (C=O) groups excluding carboxylic acids is 1. The van der Waals surface area contributed by atoms with Crippen molar-refractivity contribution in [3.63, 3.8) is 0 Å². The highest BCUT2D eigenvalue weighted by molar-refractivity contribution is 5.79. The lowest BCUT2D eigenvalue weighted by Gasteiger charge is -2.40. The van der Waals surface area contributed by atoms with E-state index in [-0.39, 0.29) is 30.6 Å². The second-order valence-electron chi connectivity index (χ2n) is 6.84. The SMILES string of the molecule is O=C(NC1CCC1)C1CCN(CC2CC(F)(F)C2)CC1. The molecule has 0 bridgehead atoms. The van der Waals surface area contributed by atoms with E-state index in [1.165, 1.54) is 6.42 Å². The number of hydrogen-bond donors (Lipinski definition) is 1. The number of halogens is 2. The summed E-state index contributed by atoms with van der Waals surface area (Å²) in [4.78, 5) is 14.3. The molecule has 114 valence electrons. The van der Waals surface area contributed by atoms with Crippen LogP contribution in [0.15, 0.2) is 0 Å². The van der Waals surface area contributed by atoms with Crippen molar-refractivity contribution < 1.29 is 13.6 Å². The Kier molecular flexibility index (Phi) is 3.98. The lowest BCUT2D eigenvalue weighted by Crippen LogP contribution is -2.48. The molecule has 5 heteroatoms. The summed E-state index contributed by atoms with van der Waals surface area (Å²) in [5.41, 5.74) is 0. The molecular formula is C15H24F2N2O. The molecule has 0 spiro atoms. The Morgan fingerprint density at radius 2 is 1.80 bits per heavy atom. The Morgan fingerprint density at radius 1 is 1.15 bits per heavy atom. The molecule has 20 heavy (non-hydrogen) atoms. The zero-order valence-corrected chi connectivity index (χ0v) is 11.9. The van der Waals surface area contributed by atoms with Gasteiger partial charge in [-0.2, -0.15) is 0 Å². The van der Waals surface area contributed by atoms with Gasteiger partial charge in [-0.3, -0.25) is 4.79 Å². The normalized spacial score (nSPS) is 28.7. The quantitative estimate of drug-likeness (QED) is 0.861. The minimum absolute atomic E-state index is 0.0507. The monoisotopic (exact) mass is 286 g/mol. The van der Waals surface area contributed by atoms with Gasteiger partial charge in [-0.15, -0.1) is 0 Å². The molecule has 0 aromatic heterocycles. The summed E-state index contributed by atoms with van der Waals surface area (Å²) in [5.74, 6) is -1.91. The van der Waals surface area contributed by atoms with Gasteiger partial charge in [0.1, 0.15) is 0 Å². The van der Waals surface area contributed by atoms with E-state index in [9.17, 15) is 13.6 Å². The molecule has 2 aliphatic carbocycles. The van der Waals surface area contributed by atoms with Crippen LogP contribution in [0, 0.1) is 11.8 Å². The Balaban J connectivity index is 1.35. The summed E-state index contributed by atoms with van der Waals surface area (Å²) in [5, 5.41) is 3.12. The van der Waals surface area contributed by atoms with E-state index in [4.69, 9.17) is 0 Å². The van der Waals surface area contributed by atoms with E-state index in [1.54, 1.807) is 0 Å². The van der Waals surface area contributed by atoms with Gasteiger partial charge in [-0.1, -0.05) is 0 Å². The summed E-state index contributed by atoms with van der Waals surface area (Å²) in [6.07, 6.45) is 5.34. The summed E-state index contributed by atoms with van der Waals surface area (Å²) in [7, 11) is 0. The lowest BCUT2D eigenvalue weighted by atomic mass is 9.80. The number of hydrogen-bond acceptors (Lipinski definition) is 2. The third kappa shape index (κ3) is 3.30. The molecule has 3 nitrogen and oxygen atoms in total. The predicted octanol–water partition coefficient (Wildman–Crippen LogP) is 2.41. The highest BCUT2D eigenvalue weighted by Crippen LogP contribution is 2.42. The first-order valence-corrected chi connectivity index (χ1v) is 7.92. The molecule has 1 N–H and O–H groups in total. The number of amides is 1. The van der Waals surface area contributed by atoms with E-state index in [0.717, 1.165) is 45.3 Å². The smallest absolute Gasteiger partial charge is 0.248 e. The van der Waals surface area contributed by atoms with Crippen LogP contribution in [0.1, 0.15) is 44.9 Å². The van der Waals surface area contributed by atoms with E-state index >= 15 is 0 Å². The second kappa shape index (κ2) is 5.58. The van der Waals surface area contributed by atoms with Gasteiger partial charge in [-0.25, -0.2) is 8.78 Å². The van der Waals surface area contributed by atoms with Crippen LogP contribution in [0.3, 0.4) is 0 Å². The van der Waals surface area contributed by atoms with Crippen molar-refractivity contribution >= 4 is 5.91 Å². The summed E-state index contributed by atoms with van der Waals surface area (Å²) < 4.78 is 25.6. The van der Waals surface area contributed by atoms with Crippen LogP contribution in [0.2, 0.25) is 0 Å². The van der Waals surface area contributed by atoms with Crippen LogP contribution in [-0.2, 0) is 4.79 Å². The number of likely N-dealkylation sites (tertiary alicyclic amines) is 1. The van der Waals surface area contributed by atoms with E-state index in [0.29, 0.717) is 6.04 Å². The lowest BCUT2D eigenvalue weighted by molar-refractivity contribution is -0.128. The predicted molar refractivity (Wildman–Crippen MR) is 72.6 cm³/mol. The third-order valence-corrected chi connectivity index (χ3v) is 5.10. The molecule has 0 aromatic rings. The van der Waals surface area contributed by atoms with Crippen molar-refractivity contribution in [2.24, 2.45) is 11.8 Å². The Morgan fingerprint density at radius 3 is 2.30 bits per heavy atom. The van der Waals surface area contributed by atoms with Crippen molar-refractivity contribution in [1.29, 1.82) is 0 Å². The van der Waals surface area contributed by atoms with Gasteiger partial charge >= 0.3 is 0 Å². The maximum Gasteiger partial charge on any atom is 0.248 e. The molecule has 0 atom stereocenters. The molecule has 1 heterocycles. The maximum atomic E-state index is 12.8. The minimum Gasteiger partial charge on any atom is -0.353 e. The molecule has 3 rings (SSSR count). The first-order valence-electron chi connectivity index (χ1n) is 7.92. The van der Waals surface area contributed by atoms with Gasteiger partial charge in [0.2, 0.25) is 11.8 Å². The van der Waals surface area contributed by atoms with Crippen LogP contribution in [-0.4, -0.2) is 42.4 Å². The number of nitrogens with zero attached hydrogens (tertiary/aromatic N) is 1. The standard InChI is InChI=1S/C15H24F2N2O/c16-15(17)8-11(9-15)10-19-6-4-12(5-7-19)14(20)18-13-2-1-3-13/h11-13H,1-10H2,(H,18,20).